The number of hydrogen-bond acceptors (Lipinski definition) is 3. The first kappa shape index (κ1) is 13.2. The molecule has 0 amide bonds. The standard InChI is InChI=1S/C13H20O3/c1-2-13(15,11-16-9-8-14)10-12-6-4-3-5-7-12/h3-7,14-15H,2,8-11H2,1H3. The summed E-state index contributed by atoms with van der Waals surface area (Å²) in [5, 5.41) is 18.9. The molecule has 0 heterocycles. The molecule has 0 saturated carbocycles. The lowest BCUT2D eigenvalue weighted by Crippen LogP contribution is -2.36. The minimum absolute atomic E-state index is 0.00880. The van der Waals surface area contributed by atoms with E-state index in [1.807, 2.05) is 37.3 Å². The summed E-state index contributed by atoms with van der Waals surface area (Å²) in [6.45, 7) is 2.46. The Labute approximate surface area is 96.7 Å². The maximum Gasteiger partial charge on any atom is 0.0917 e. The number of ether oxygens (including phenoxy) is 1. The molecule has 1 unspecified atom stereocenters. The third-order valence-corrected chi connectivity index (χ3v) is 2.64. The predicted octanol–water partition coefficient (Wildman–Crippen LogP) is 1.38. The zero-order valence-corrected chi connectivity index (χ0v) is 9.72. The molecule has 0 aliphatic carbocycles. The summed E-state index contributed by atoms with van der Waals surface area (Å²) in [6, 6.07) is 9.86. The number of rotatable bonds is 7. The Balaban J connectivity index is 2.52. The van der Waals surface area contributed by atoms with Gasteiger partial charge < -0.3 is 14.9 Å². The first-order valence-corrected chi connectivity index (χ1v) is 5.65. The van der Waals surface area contributed by atoms with Crippen molar-refractivity contribution in [2.24, 2.45) is 0 Å². The van der Waals surface area contributed by atoms with Crippen LogP contribution < -0.4 is 0 Å². The molecule has 1 atom stereocenters. The average Bonchev–Trinajstić information content (AvgIpc) is 2.31. The van der Waals surface area contributed by atoms with Crippen molar-refractivity contribution in [2.75, 3.05) is 19.8 Å². The molecule has 1 rings (SSSR count). The number of aliphatic hydroxyl groups excluding tert-OH is 1. The summed E-state index contributed by atoms with van der Waals surface area (Å²) in [5.74, 6) is 0. The molecule has 0 aliphatic rings. The van der Waals surface area contributed by atoms with Gasteiger partial charge in [0.2, 0.25) is 0 Å². The molecule has 0 radical (unpaired) electrons. The van der Waals surface area contributed by atoms with Crippen LogP contribution >= 0.6 is 0 Å². The predicted molar refractivity (Wildman–Crippen MR) is 63.3 cm³/mol. The highest BCUT2D eigenvalue weighted by Crippen LogP contribution is 2.17. The first-order chi connectivity index (χ1) is 7.70. The van der Waals surface area contributed by atoms with Gasteiger partial charge in [0.25, 0.3) is 0 Å². The van der Waals surface area contributed by atoms with Crippen LogP contribution in [0.4, 0.5) is 0 Å². The van der Waals surface area contributed by atoms with E-state index < -0.39 is 5.60 Å². The second-order valence-electron chi connectivity index (χ2n) is 4.02. The second-order valence-corrected chi connectivity index (χ2v) is 4.02. The number of hydrogen-bond donors (Lipinski definition) is 2. The summed E-state index contributed by atoms with van der Waals surface area (Å²) in [7, 11) is 0. The normalized spacial score (nSPS) is 14.7. The van der Waals surface area contributed by atoms with Crippen LogP contribution in [0.2, 0.25) is 0 Å². The van der Waals surface area contributed by atoms with Gasteiger partial charge in [0, 0.05) is 6.42 Å². The fourth-order valence-electron chi connectivity index (χ4n) is 1.58. The van der Waals surface area contributed by atoms with Crippen LogP contribution in [0.5, 0.6) is 0 Å². The van der Waals surface area contributed by atoms with Crippen molar-refractivity contribution in [3.05, 3.63) is 35.9 Å². The van der Waals surface area contributed by atoms with Gasteiger partial charge in [-0.3, -0.25) is 0 Å². The molecule has 0 saturated heterocycles. The average molecular weight is 224 g/mol. The van der Waals surface area contributed by atoms with E-state index in [0.717, 1.165) is 5.56 Å². The van der Waals surface area contributed by atoms with Gasteiger partial charge in [-0.25, -0.2) is 0 Å². The van der Waals surface area contributed by atoms with Crippen molar-refractivity contribution in [1.82, 2.24) is 0 Å². The van der Waals surface area contributed by atoms with Crippen molar-refractivity contribution in [1.29, 1.82) is 0 Å². The lowest BCUT2D eigenvalue weighted by Gasteiger charge is -2.26. The van der Waals surface area contributed by atoms with E-state index in [-0.39, 0.29) is 19.8 Å². The first-order valence-electron chi connectivity index (χ1n) is 5.65. The highest BCUT2D eigenvalue weighted by Gasteiger charge is 2.25. The SMILES string of the molecule is CCC(O)(COCCO)Cc1ccccc1. The molecule has 0 fully saturated rings. The number of benzene rings is 1. The van der Waals surface area contributed by atoms with Crippen LogP contribution in [0.3, 0.4) is 0 Å². The van der Waals surface area contributed by atoms with E-state index in [1.165, 1.54) is 0 Å². The third-order valence-electron chi connectivity index (χ3n) is 2.64. The molecule has 1 aromatic rings. The van der Waals surface area contributed by atoms with Crippen LogP contribution in [0.15, 0.2) is 30.3 Å². The summed E-state index contributed by atoms with van der Waals surface area (Å²) < 4.78 is 5.21. The minimum Gasteiger partial charge on any atom is -0.394 e. The van der Waals surface area contributed by atoms with Crippen molar-refractivity contribution in [2.45, 2.75) is 25.4 Å². The molecular weight excluding hydrogens is 204 g/mol. The lowest BCUT2D eigenvalue weighted by molar-refractivity contribution is -0.0543. The Morgan fingerprint density at radius 2 is 1.94 bits per heavy atom. The van der Waals surface area contributed by atoms with Crippen molar-refractivity contribution in [3.8, 4) is 0 Å². The third kappa shape index (κ3) is 4.31. The summed E-state index contributed by atoms with van der Waals surface area (Å²) in [4.78, 5) is 0. The van der Waals surface area contributed by atoms with E-state index in [0.29, 0.717) is 12.8 Å². The Morgan fingerprint density at radius 3 is 2.50 bits per heavy atom. The van der Waals surface area contributed by atoms with Crippen molar-refractivity contribution in [3.63, 3.8) is 0 Å². The van der Waals surface area contributed by atoms with E-state index in [2.05, 4.69) is 0 Å². The monoisotopic (exact) mass is 224 g/mol. The van der Waals surface area contributed by atoms with Gasteiger partial charge in [-0.1, -0.05) is 37.3 Å². The van der Waals surface area contributed by atoms with Crippen LogP contribution in [0.1, 0.15) is 18.9 Å². The van der Waals surface area contributed by atoms with Gasteiger partial charge >= 0.3 is 0 Å². The largest absolute Gasteiger partial charge is 0.394 e. The molecule has 0 aromatic heterocycles. The Morgan fingerprint density at radius 1 is 1.25 bits per heavy atom. The van der Waals surface area contributed by atoms with E-state index in [4.69, 9.17) is 9.84 Å². The Hall–Kier alpha value is -0.900. The topological polar surface area (TPSA) is 49.7 Å². The van der Waals surface area contributed by atoms with Crippen molar-refractivity contribution < 1.29 is 14.9 Å². The van der Waals surface area contributed by atoms with E-state index >= 15 is 0 Å². The van der Waals surface area contributed by atoms with E-state index in [9.17, 15) is 5.11 Å². The van der Waals surface area contributed by atoms with Gasteiger partial charge in [-0.2, -0.15) is 0 Å². The molecule has 90 valence electrons. The molecule has 0 aliphatic heterocycles. The Bertz CT molecular complexity index is 286. The van der Waals surface area contributed by atoms with Crippen LogP contribution in [0.25, 0.3) is 0 Å². The summed E-state index contributed by atoms with van der Waals surface area (Å²) >= 11 is 0. The van der Waals surface area contributed by atoms with Crippen LogP contribution in [-0.2, 0) is 11.2 Å². The lowest BCUT2D eigenvalue weighted by atomic mass is 9.93. The maximum absolute atomic E-state index is 10.3. The zero-order chi connectivity index (χ0) is 11.9. The molecular formula is C13H20O3. The quantitative estimate of drug-likeness (QED) is 0.688. The maximum atomic E-state index is 10.3. The van der Waals surface area contributed by atoms with Gasteiger partial charge in [-0.15, -0.1) is 0 Å². The van der Waals surface area contributed by atoms with Crippen molar-refractivity contribution >= 4 is 0 Å². The van der Waals surface area contributed by atoms with Crippen LogP contribution in [0, 0.1) is 0 Å². The molecule has 0 bridgehead atoms. The van der Waals surface area contributed by atoms with E-state index in [1.54, 1.807) is 0 Å². The van der Waals surface area contributed by atoms with Gasteiger partial charge in [0.1, 0.15) is 0 Å². The fourth-order valence-corrected chi connectivity index (χ4v) is 1.58. The zero-order valence-electron chi connectivity index (χ0n) is 9.72. The van der Waals surface area contributed by atoms with Gasteiger partial charge in [-0.05, 0) is 12.0 Å². The highest BCUT2D eigenvalue weighted by atomic mass is 16.5. The summed E-state index contributed by atoms with van der Waals surface area (Å²) in [5.41, 5.74) is 0.260. The molecule has 2 N–H and O–H groups in total. The Kier molecular flexibility index (Phi) is 5.46. The smallest absolute Gasteiger partial charge is 0.0917 e. The summed E-state index contributed by atoms with van der Waals surface area (Å²) in [6.07, 6.45) is 1.21. The van der Waals surface area contributed by atoms with Gasteiger partial charge in [0.15, 0.2) is 0 Å². The number of aliphatic hydroxyl groups is 2. The fraction of sp³-hybridized carbons (Fsp3) is 0.538. The van der Waals surface area contributed by atoms with Gasteiger partial charge in [0.05, 0.1) is 25.4 Å². The molecule has 1 aromatic carbocycles. The molecule has 16 heavy (non-hydrogen) atoms. The minimum atomic E-state index is -0.837. The second kappa shape index (κ2) is 6.63. The molecule has 3 heteroatoms. The molecule has 3 nitrogen and oxygen atoms in total. The molecule has 0 spiro atoms. The highest BCUT2D eigenvalue weighted by molar-refractivity contribution is 5.17. The van der Waals surface area contributed by atoms with Crippen LogP contribution in [-0.4, -0.2) is 35.6 Å².